The zero-order valence-corrected chi connectivity index (χ0v) is 11.8. The zero-order chi connectivity index (χ0) is 13.0. The van der Waals surface area contributed by atoms with Crippen molar-refractivity contribution >= 4 is 5.69 Å². The lowest BCUT2D eigenvalue weighted by Gasteiger charge is -2.31. The Morgan fingerprint density at radius 1 is 1.39 bits per heavy atom. The molecule has 0 radical (unpaired) electrons. The van der Waals surface area contributed by atoms with Crippen molar-refractivity contribution in [3.8, 4) is 0 Å². The molecular weight excluding hydrogens is 220 g/mol. The van der Waals surface area contributed by atoms with Gasteiger partial charge in [-0.25, -0.2) is 0 Å². The second kappa shape index (κ2) is 6.24. The summed E-state index contributed by atoms with van der Waals surface area (Å²) in [6.07, 6.45) is 6.07. The molecule has 2 nitrogen and oxygen atoms in total. The van der Waals surface area contributed by atoms with E-state index < -0.39 is 0 Å². The van der Waals surface area contributed by atoms with Crippen LogP contribution >= 0.6 is 0 Å². The van der Waals surface area contributed by atoms with E-state index in [2.05, 4.69) is 36.9 Å². The number of nitrogens with zero attached hydrogens (tertiary/aromatic N) is 1. The highest BCUT2D eigenvalue weighted by Gasteiger charge is 2.16. The third-order valence-electron chi connectivity index (χ3n) is 3.70. The van der Waals surface area contributed by atoms with E-state index in [0.717, 1.165) is 6.42 Å². The van der Waals surface area contributed by atoms with Gasteiger partial charge in [0.1, 0.15) is 0 Å². The molecule has 100 valence electrons. The van der Waals surface area contributed by atoms with Crippen LogP contribution < -0.4 is 10.6 Å². The molecule has 0 aliphatic carbocycles. The molecule has 0 fully saturated rings. The minimum atomic E-state index is 0.253. The van der Waals surface area contributed by atoms with Gasteiger partial charge in [-0.2, -0.15) is 0 Å². The predicted octanol–water partition coefficient (Wildman–Crippen LogP) is 3.13. The Hall–Kier alpha value is -1.02. The first-order valence-electron chi connectivity index (χ1n) is 7.33. The maximum atomic E-state index is 5.88. The van der Waals surface area contributed by atoms with E-state index in [4.69, 9.17) is 5.73 Å². The van der Waals surface area contributed by atoms with Crippen LogP contribution in [0.1, 0.15) is 44.2 Å². The van der Waals surface area contributed by atoms with E-state index in [1.165, 1.54) is 55.6 Å². The SMILES string of the molecule is CCCCN1CCCc2cc(CC(C)N)ccc21. The molecule has 0 saturated carbocycles. The third kappa shape index (κ3) is 3.26. The van der Waals surface area contributed by atoms with Crippen molar-refractivity contribution in [1.82, 2.24) is 0 Å². The Morgan fingerprint density at radius 3 is 2.94 bits per heavy atom. The fourth-order valence-corrected chi connectivity index (χ4v) is 2.81. The minimum absolute atomic E-state index is 0.253. The van der Waals surface area contributed by atoms with E-state index in [1.54, 1.807) is 0 Å². The van der Waals surface area contributed by atoms with Gasteiger partial charge in [-0.1, -0.05) is 25.5 Å². The molecule has 0 amide bonds. The van der Waals surface area contributed by atoms with Crippen LogP contribution in [0.4, 0.5) is 5.69 Å². The van der Waals surface area contributed by atoms with Crippen LogP contribution in [-0.4, -0.2) is 19.1 Å². The molecule has 0 aromatic heterocycles. The highest BCUT2D eigenvalue weighted by Crippen LogP contribution is 2.28. The van der Waals surface area contributed by atoms with E-state index in [9.17, 15) is 0 Å². The zero-order valence-electron chi connectivity index (χ0n) is 11.8. The van der Waals surface area contributed by atoms with E-state index in [-0.39, 0.29) is 6.04 Å². The first-order valence-corrected chi connectivity index (χ1v) is 7.33. The number of aryl methyl sites for hydroxylation is 1. The molecule has 2 heteroatoms. The van der Waals surface area contributed by atoms with Crippen LogP contribution in [0.5, 0.6) is 0 Å². The van der Waals surface area contributed by atoms with Crippen LogP contribution in [0.3, 0.4) is 0 Å². The largest absolute Gasteiger partial charge is 0.371 e. The summed E-state index contributed by atoms with van der Waals surface area (Å²) >= 11 is 0. The molecule has 1 aliphatic heterocycles. The van der Waals surface area contributed by atoms with Crippen molar-refractivity contribution in [3.05, 3.63) is 29.3 Å². The van der Waals surface area contributed by atoms with Gasteiger partial charge in [0.2, 0.25) is 0 Å². The fraction of sp³-hybridized carbons (Fsp3) is 0.625. The van der Waals surface area contributed by atoms with Crippen molar-refractivity contribution in [2.45, 2.75) is 52.0 Å². The number of rotatable bonds is 5. The Bertz CT molecular complexity index is 385. The van der Waals surface area contributed by atoms with Gasteiger partial charge in [0, 0.05) is 24.8 Å². The van der Waals surface area contributed by atoms with E-state index >= 15 is 0 Å². The van der Waals surface area contributed by atoms with Crippen molar-refractivity contribution in [1.29, 1.82) is 0 Å². The molecule has 18 heavy (non-hydrogen) atoms. The molecule has 2 rings (SSSR count). The Morgan fingerprint density at radius 2 is 2.22 bits per heavy atom. The number of fused-ring (bicyclic) bond motifs is 1. The molecule has 2 N–H and O–H groups in total. The van der Waals surface area contributed by atoms with Crippen LogP contribution in [-0.2, 0) is 12.8 Å². The van der Waals surface area contributed by atoms with Gasteiger partial charge in [-0.05, 0) is 49.8 Å². The van der Waals surface area contributed by atoms with Crippen molar-refractivity contribution in [3.63, 3.8) is 0 Å². The lowest BCUT2D eigenvalue weighted by Crippen LogP contribution is -2.30. The summed E-state index contributed by atoms with van der Waals surface area (Å²) in [5, 5.41) is 0. The van der Waals surface area contributed by atoms with E-state index in [0.29, 0.717) is 0 Å². The molecule has 1 aromatic rings. The monoisotopic (exact) mass is 246 g/mol. The van der Waals surface area contributed by atoms with Gasteiger partial charge in [0.15, 0.2) is 0 Å². The van der Waals surface area contributed by atoms with Crippen LogP contribution in [0.2, 0.25) is 0 Å². The number of hydrogen-bond donors (Lipinski definition) is 1. The third-order valence-corrected chi connectivity index (χ3v) is 3.70. The Balaban J connectivity index is 2.14. The lowest BCUT2D eigenvalue weighted by atomic mass is 9.96. The van der Waals surface area contributed by atoms with Crippen LogP contribution in [0, 0.1) is 0 Å². The molecule has 1 heterocycles. The molecule has 1 unspecified atom stereocenters. The number of nitrogens with two attached hydrogens (primary N) is 1. The molecule has 0 bridgehead atoms. The van der Waals surface area contributed by atoms with Crippen LogP contribution in [0.15, 0.2) is 18.2 Å². The minimum Gasteiger partial charge on any atom is -0.371 e. The Kier molecular flexibility index (Phi) is 4.65. The standard InChI is InChI=1S/C16H26N2/c1-3-4-9-18-10-5-6-15-12-14(11-13(2)17)7-8-16(15)18/h7-8,12-13H,3-6,9-11,17H2,1-2H3. The molecule has 1 aliphatic rings. The fourth-order valence-electron chi connectivity index (χ4n) is 2.81. The number of anilines is 1. The van der Waals surface area contributed by atoms with Gasteiger partial charge >= 0.3 is 0 Å². The lowest BCUT2D eigenvalue weighted by molar-refractivity contribution is 0.656. The average molecular weight is 246 g/mol. The summed E-state index contributed by atoms with van der Waals surface area (Å²) < 4.78 is 0. The van der Waals surface area contributed by atoms with Crippen molar-refractivity contribution < 1.29 is 0 Å². The van der Waals surface area contributed by atoms with Crippen molar-refractivity contribution in [2.75, 3.05) is 18.0 Å². The first-order chi connectivity index (χ1) is 8.70. The summed E-state index contributed by atoms with van der Waals surface area (Å²) in [7, 11) is 0. The second-order valence-corrected chi connectivity index (χ2v) is 5.59. The van der Waals surface area contributed by atoms with E-state index in [1.807, 2.05) is 0 Å². The summed E-state index contributed by atoms with van der Waals surface area (Å²) in [4.78, 5) is 2.55. The van der Waals surface area contributed by atoms with Gasteiger partial charge in [0.25, 0.3) is 0 Å². The van der Waals surface area contributed by atoms with Crippen molar-refractivity contribution in [2.24, 2.45) is 5.73 Å². The molecule has 1 aromatic carbocycles. The highest BCUT2D eigenvalue weighted by molar-refractivity contribution is 5.56. The molecule has 0 spiro atoms. The second-order valence-electron chi connectivity index (χ2n) is 5.59. The maximum Gasteiger partial charge on any atom is 0.0398 e. The summed E-state index contributed by atoms with van der Waals surface area (Å²) in [5.74, 6) is 0. The predicted molar refractivity (Wildman–Crippen MR) is 79.2 cm³/mol. The van der Waals surface area contributed by atoms with Gasteiger partial charge < -0.3 is 10.6 Å². The van der Waals surface area contributed by atoms with Gasteiger partial charge in [0.05, 0.1) is 0 Å². The topological polar surface area (TPSA) is 29.3 Å². The van der Waals surface area contributed by atoms with Gasteiger partial charge in [-0.3, -0.25) is 0 Å². The molecular formula is C16H26N2. The van der Waals surface area contributed by atoms with Crippen LogP contribution in [0.25, 0.3) is 0 Å². The normalized spacial score (nSPS) is 16.5. The smallest absolute Gasteiger partial charge is 0.0398 e. The quantitative estimate of drug-likeness (QED) is 0.865. The first kappa shape index (κ1) is 13.4. The number of benzene rings is 1. The number of unbranched alkanes of at least 4 members (excludes halogenated alkanes) is 1. The number of hydrogen-bond acceptors (Lipinski definition) is 2. The molecule has 1 atom stereocenters. The highest BCUT2D eigenvalue weighted by atomic mass is 15.1. The van der Waals surface area contributed by atoms with Gasteiger partial charge in [-0.15, -0.1) is 0 Å². The Labute approximate surface area is 111 Å². The maximum absolute atomic E-state index is 5.88. The average Bonchev–Trinajstić information content (AvgIpc) is 2.35. The summed E-state index contributed by atoms with van der Waals surface area (Å²) in [6.45, 7) is 6.76. The summed E-state index contributed by atoms with van der Waals surface area (Å²) in [6, 6.07) is 7.19. The summed E-state index contributed by atoms with van der Waals surface area (Å²) in [5.41, 5.74) is 10.3. The molecule has 0 saturated heterocycles.